The van der Waals surface area contributed by atoms with Crippen LogP contribution in [-0.4, -0.2) is 46.8 Å². The maximum Gasteiger partial charge on any atom is 0.139 e. The number of hydrogen-bond acceptors (Lipinski definition) is 7. The third-order valence-electron chi connectivity index (χ3n) is 4.74. The number of aldehydes is 1. The molecule has 0 fully saturated rings. The first-order valence-electron chi connectivity index (χ1n) is 9.31. The Hall–Kier alpha value is -3.94. The Morgan fingerprint density at radius 2 is 1.77 bits per heavy atom. The van der Waals surface area contributed by atoms with E-state index in [9.17, 15) is 4.79 Å². The molecule has 0 aliphatic heterocycles. The number of carbonyl (C=O) groups is 1. The number of nitrogens with zero attached hydrogens (tertiary/aromatic N) is 5. The molecule has 4 aromatic rings. The van der Waals surface area contributed by atoms with Crippen molar-refractivity contribution in [2.75, 3.05) is 25.7 Å². The number of aromatic nitrogens is 4. The summed E-state index contributed by atoms with van der Waals surface area (Å²) in [5.41, 5.74) is 4.69. The number of ether oxygens (including phenoxy) is 2. The lowest BCUT2D eigenvalue weighted by atomic mass is 10.2. The van der Waals surface area contributed by atoms with Crippen molar-refractivity contribution in [2.45, 2.75) is 0 Å². The van der Waals surface area contributed by atoms with Gasteiger partial charge in [0, 0.05) is 48.4 Å². The van der Waals surface area contributed by atoms with Crippen LogP contribution in [0, 0.1) is 0 Å². The SMILES string of the molecule is COc1cc(OC)cc(N(CC=O)c2ccc3ncc(-c4cnn(C)c4)nc3c2)c1. The Morgan fingerprint density at radius 3 is 2.40 bits per heavy atom. The molecule has 30 heavy (non-hydrogen) atoms. The molecule has 0 atom stereocenters. The van der Waals surface area contributed by atoms with E-state index in [1.54, 1.807) is 37.4 Å². The summed E-state index contributed by atoms with van der Waals surface area (Å²) < 4.78 is 12.5. The first-order valence-corrected chi connectivity index (χ1v) is 9.31. The standard InChI is InChI=1S/C22H21N5O3/c1-26-14-15(12-24-26)22-13-23-20-5-4-16(10-21(20)25-22)27(6-7-28)17-8-18(29-2)11-19(9-17)30-3/h4-5,7-14H,6H2,1-3H3. The van der Waals surface area contributed by atoms with Crippen molar-refractivity contribution in [2.24, 2.45) is 7.05 Å². The third kappa shape index (κ3) is 3.80. The zero-order valence-corrected chi connectivity index (χ0v) is 16.9. The number of carbonyl (C=O) groups excluding carboxylic acids is 1. The van der Waals surface area contributed by atoms with Gasteiger partial charge in [0.05, 0.1) is 49.9 Å². The van der Waals surface area contributed by atoms with E-state index < -0.39 is 0 Å². The Balaban J connectivity index is 1.79. The molecule has 0 unspecified atom stereocenters. The third-order valence-corrected chi connectivity index (χ3v) is 4.74. The van der Waals surface area contributed by atoms with Crippen LogP contribution in [0.2, 0.25) is 0 Å². The summed E-state index contributed by atoms with van der Waals surface area (Å²) in [5, 5.41) is 4.19. The Morgan fingerprint density at radius 1 is 1.00 bits per heavy atom. The molecule has 0 aliphatic rings. The van der Waals surface area contributed by atoms with Crippen molar-refractivity contribution in [3.63, 3.8) is 0 Å². The van der Waals surface area contributed by atoms with Gasteiger partial charge in [-0.05, 0) is 18.2 Å². The summed E-state index contributed by atoms with van der Waals surface area (Å²) in [4.78, 5) is 22.6. The summed E-state index contributed by atoms with van der Waals surface area (Å²) in [7, 11) is 5.04. The lowest BCUT2D eigenvalue weighted by molar-refractivity contribution is -0.106. The summed E-state index contributed by atoms with van der Waals surface area (Å²) >= 11 is 0. The molecule has 4 rings (SSSR count). The highest BCUT2D eigenvalue weighted by atomic mass is 16.5. The topological polar surface area (TPSA) is 82.4 Å². The van der Waals surface area contributed by atoms with Gasteiger partial charge in [-0.3, -0.25) is 9.67 Å². The van der Waals surface area contributed by atoms with Gasteiger partial charge in [-0.2, -0.15) is 5.10 Å². The highest BCUT2D eigenvalue weighted by molar-refractivity contribution is 5.84. The lowest BCUT2D eigenvalue weighted by Gasteiger charge is -2.24. The minimum atomic E-state index is 0.164. The number of aryl methyl sites for hydroxylation is 1. The predicted octanol–water partition coefficient (Wildman–Crippen LogP) is 3.38. The van der Waals surface area contributed by atoms with Gasteiger partial charge in [-0.25, -0.2) is 4.98 Å². The normalized spacial score (nSPS) is 10.8. The van der Waals surface area contributed by atoms with Gasteiger partial charge >= 0.3 is 0 Å². The zero-order valence-electron chi connectivity index (χ0n) is 16.9. The van der Waals surface area contributed by atoms with Crippen LogP contribution in [0.5, 0.6) is 11.5 Å². The molecule has 0 radical (unpaired) electrons. The molecule has 8 nitrogen and oxygen atoms in total. The molecule has 0 N–H and O–H groups in total. The van der Waals surface area contributed by atoms with Crippen LogP contribution in [0.4, 0.5) is 11.4 Å². The zero-order chi connectivity index (χ0) is 21.1. The van der Waals surface area contributed by atoms with Crippen LogP contribution in [0.3, 0.4) is 0 Å². The second-order valence-corrected chi connectivity index (χ2v) is 6.68. The van der Waals surface area contributed by atoms with Crippen LogP contribution < -0.4 is 14.4 Å². The predicted molar refractivity (Wildman–Crippen MR) is 114 cm³/mol. The second kappa shape index (κ2) is 8.20. The van der Waals surface area contributed by atoms with Crippen LogP contribution >= 0.6 is 0 Å². The maximum absolute atomic E-state index is 11.4. The molecule has 0 spiro atoms. The van der Waals surface area contributed by atoms with E-state index in [-0.39, 0.29) is 6.54 Å². The Kier molecular flexibility index (Phi) is 5.30. The van der Waals surface area contributed by atoms with Gasteiger partial charge in [0.25, 0.3) is 0 Å². The molecule has 0 saturated carbocycles. The van der Waals surface area contributed by atoms with Crippen LogP contribution in [-0.2, 0) is 11.8 Å². The van der Waals surface area contributed by atoms with Gasteiger partial charge in [-0.1, -0.05) is 0 Å². The molecule has 2 aromatic heterocycles. The number of anilines is 2. The lowest BCUT2D eigenvalue weighted by Crippen LogP contribution is -2.19. The van der Waals surface area contributed by atoms with Crippen LogP contribution in [0.1, 0.15) is 0 Å². The van der Waals surface area contributed by atoms with Crippen molar-refractivity contribution in [1.29, 1.82) is 0 Å². The highest BCUT2D eigenvalue weighted by Gasteiger charge is 2.14. The minimum Gasteiger partial charge on any atom is -0.497 e. The molecule has 0 bridgehead atoms. The molecule has 0 saturated heterocycles. The number of hydrogen-bond donors (Lipinski definition) is 0. The van der Waals surface area contributed by atoms with Crippen molar-refractivity contribution >= 4 is 28.7 Å². The molecule has 0 amide bonds. The van der Waals surface area contributed by atoms with Crippen molar-refractivity contribution < 1.29 is 14.3 Å². The van der Waals surface area contributed by atoms with Crippen molar-refractivity contribution in [3.05, 3.63) is 55.0 Å². The fraction of sp³-hybridized carbons (Fsp3) is 0.182. The van der Waals surface area contributed by atoms with E-state index in [0.717, 1.165) is 40.0 Å². The molecule has 2 heterocycles. The second-order valence-electron chi connectivity index (χ2n) is 6.68. The summed E-state index contributed by atoms with van der Waals surface area (Å²) in [6.45, 7) is 0.164. The van der Waals surface area contributed by atoms with E-state index in [0.29, 0.717) is 11.5 Å². The van der Waals surface area contributed by atoms with E-state index in [2.05, 4.69) is 10.1 Å². The largest absolute Gasteiger partial charge is 0.497 e. The minimum absolute atomic E-state index is 0.164. The highest BCUT2D eigenvalue weighted by Crippen LogP contribution is 2.33. The molecule has 0 aliphatic carbocycles. The summed E-state index contributed by atoms with van der Waals surface area (Å²) in [6.07, 6.45) is 6.23. The van der Waals surface area contributed by atoms with Gasteiger partial charge in [0.15, 0.2) is 0 Å². The summed E-state index contributed by atoms with van der Waals surface area (Å²) in [5.74, 6) is 1.28. The quantitative estimate of drug-likeness (QED) is 0.438. The van der Waals surface area contributed by atoms with Crippen LogP contribution in [0.15, 0.2) is 55.0 Å². The first kappa shape index (κ1) is 19.4. The van der Waals surface area contributed by atoms with Gasteiger partial charge < -0.3 is 19.2 Å². The molecular weight excluding hydrogens is 382 g/mol. The van der Waals surface area contributed by atoms with Gasteiger partial charge in [0.2, 0.25) is 0 Å². The fourth-order valence-electron chi connectivity index (χ4n) is 3.24. The smallest absolute Gasteiger partial charge is 0.139 e. The van der Waals surface area contributed by atoms with E-state index in [4.69, 9.17) is 14.5 Å². The number of fused-ring (bicyclic) bond motifs is 1. The summed E-state index contributed by atoms with van der Waals surface area (Å²) in [6, 6.07) is 11.2. The maximum atomic E-state index is 11.4. The van der Waals surface area contributed by atoms with E-state index in [1.807, 2.05) is 48.5 Å². The van der Waals surface area contributed by atoms with Gasteiger partial charge in [-0.15, -0.1) is 0 Å². The monoisotopic (exact) mass is 403 g/mol. The molecule has 8 heteroatoms. The number of methoxy groups -OCH3 is 2. The first-order chi connectivity index (χ1) is 14.6. The number of benzene rings is 2. The molecule has 2 aromatic carbocycles. The Bertz CT molecular complexity index is 1180. The fourth-order valence-corrected chi connectivity index (χ4v) is 3.24. The van der Waals surface area contributed by atoms with Gasteiger partial charge in [0.1, 0.15) is 17.8 Å². The van der Waals surface area contributed by atoms with E-state index in [1.165, 1.54) is 0 Å². The van der Waals surface area contributed by atoms with Crippen molar-refractivity contribution in [3.8, 4) is 22.8 Å². The average molecular weight is 403 g/mol. The van der Waals surface area contributed by atoms with E-state index >= 15 is 0 Å². The Labute approximate surface area is 173 Å². The van der Waals surface area contributed by atoms with Crippen LogP contribution in [0.25, 0.3) is 22.3 Å². The molecule has 152 valence electrons. The van der Waals surface area contributed by atoms with Crippen molar-refractivity contribution in [1.82, 2.24) is 19.7 Å². The molecular formula is C22H21N5O3. The average Bonchev–Trinajstić information content (AvgIpc) is 3.22. The number of rotatable bonds is 7.